The van der Waals surface area contributed by atoms with Gasteiger partial charge in [-0.05, 0) is 12.8 Å². The van der Waals surface area contributed by atoms with Gasteiger partial charge in [0.2, 0.25) is 0 Å². The number of thiazole rings is 1. The summed E-state index contributed by atoms with van der Waals surface area (Å²) in [5, 5.41) is 0.690. The van der Waals surface area contributed by atoms with Crippen LogP contribution in [0.1, 0.15) is 31.0 Å². The van der Waals surface area contributed by atoms with E-state index in [9.17, 15) is 0 Å². The number of aryl methyl sites for hydroxylation is 1. The molecule has 0 aliphatic rings. The van der Waals surface area contributed by atoms with Crippen LogP contribution < -0.4 is 11.3 Å². The molecule has 0 amide bonds. The molecule has 2 aromatic rings. The predicted octanol–water partition coefficient (Wildman–Crippen LogP) is 2.97. The Bertz CT molecular complexity index is 567. The van der Waals surface area contributed by atoms with E-state index in [1.54, 1.807) is 6.20 Å². The molecule has 0 radical (unpaired) electrons. The van der Waals surface area contributed by atoms with Gasteiger partial charge in [0, 0.05) is 11.3 Å². The molecule has 2 rings (SSSR count). The van der Waals surface area contributed by atoms with Gasteiger partial charge in [0.25, 0.3) is 0 Å². The molecule has 0 atom stereocenters. The molecule has 2 heterocycles. The van der Waals surface area contributed by atoms with Gasteiger partial charge in [-0.15, -0.1) is 0 Å². The average molecular weight is 284 g/mol. The molecule has 0 saturated heterocycles. The van der Waals surface area contributed by atoms with Crippen LogP contribution in [0.3, 0.4) is 0 Å². The lowest BCUT2D eigenvalue weighted by Crippen LogP contribution is -2.14. The molecule has 0 saturated carbocycles. The highest BCUT2D eigenvalue weighted by molar-refractivity contribution is 7.18. The van der Waals surface area contributed by atoms with Crippen molar-refractivity contribution in [3.05, 3.63) is 21.8 Å². The van der Waals surface area contributed by atoms with E-state index < -0.39 is 0 Å². The van der Waals surface area contributed by atoms with Crippen LogP contribution in [0.4, 0.5) is 5.82 Å². The van der Waals surface area contributed by atoms with Crippen LogP contribution in [0.25, 0.3) is 10.8 Å². The van der Waals surface area contributed by atoms with E-state index in [2.05, 4.69) is 34.2 Å². The Morgan fingerprint density at radius 3 is 2.61 bits per heavy atom. The zero-order valence-electron chi connectivity index (χ0n) is 10.4. The maximum Gasteiger partial charge on any atom is 0.191 e. The quantitative estimate of drug-likeness (QED) is 0.669. The summed E-state index contributed by atoms with van der Waals surface area (Å²) in [5.74, 6) is 7.00. The van der Waals surface area contributed by atoms with Crippen molar-refractivity contribution >= 4 is 28.8 Å². The van der Waals surface area contributed by atoms with Crippen molar-refractivity contribution in [3.8, 4) is 10.8 Å². The molecule has 3 N–H and O–H groups in total. The minimum atomic E-state index is 0.296. The molecule has 0 aliphatic heterocycles. The fourth-order valence-corrected chi connectivity index (χ4v) is 2.68. The number of nitrogens with one attached hydrogen (secondary N) is 1. The van der Waals surface area contributed by atoms with E-state index in [1.165, 1.54) is 11.3 Å². The third kappa shape index (κ3) is 2.45. The van der Waals surface area contributed by atoms with E-state index in [4.69, 9.17) is 17.4 Å². The van der Waals surface area contributed by atoms with Gasteiger partial charge in [0.05, 0.1) is 6.20 Å². The highest BCUT2D eigenvalue weighted by Gasteiger charge is 2.16. The number of hydrogen-bond donors (Lipinski definition) is 2. The van der Waals surface area contributed by atoms with E-state index >= 15 is 0 Å². The summed E-state index contributed by atoms with van der Waals surface area (Å²) in [6, 6.07) is 0. The molecule has 18 heavy (non-hydrogen) atoms. The van der Waals surface area contributed by atoms with Gasteiger partial charge in [-0.2, -0.15) is 0 Å². The van der Waals surface area contributed by atoms with Crippen molar-refractivity contribution < 1.29 is 0 Å². The Labute approximate surface area is 114 Å². The van der Waals surface area contributed by atoms with Crippen molar-refractivity contribution in [3.63, 3.8) is 0 Å². The molecule has 96 valence electrons. The minimum absolute atomic E-state index is 0.296. The van der Waals surface area contributed by atoms with Crippen LogP contribution in [0, 0.1) is 6.92 Å². The summed E-state index contributed by atoms with van der Waals surface area (Å²) in [5.41, 5.74) is 4.54. The van der Waals surface area contributed by atoms with Crippen LogP contribution in [-0.4, -0.2) is 15.0 Å². The largest absolute Gasteiger partial charge is 0.308 e. The smallest absolute Gasteiger partial charge is 0.191 e. The second-order valence-corrected chi connectivity index (χ2v) is 5.83. The molecule has 0 fully saturated rings. The summed E-state index contributed by atoms with van der Waals surface area (Å²) < 4.78 is 0.612. The summed E-state index contributed by atoms with van der Waals surface area (Å²) in [6.45, 7) is 6.09. The monoisotopic (exact) mass is 283 g/mol. The number of nitrogens with two attached hydrogens (primary N) is 1. The first-order chi connectivity index (χ1) is 8.52. The van der Waals surface area contributed by atoms with Gasteiger partial charge >= 0.3 is 0 Å². The van der Waals surface area contributed by atoms with Crippen molar-refractivity contribution in [2.24, 2.45) is 5.84 Å². The van der Waals surface area contributed by atoms with E-state index in [1.807, 2.05) is 6.92 Å². The topological polar surface area (TPSA) is 76.7 Å². The molecule has 0 aromatic carbocycles. The van der Waals surface area contributed by atoms with E-state index in [0.717, 1.165) is 11.3 Å². The molecule has 0 aliphatic carbocycles. The summed E-state index contributed by atoms with van der Waals surface area (Å²) in [7, 11) is 0. The summed E-state index contributed by atoms with van der Waals surface area (Å²) in [6.07, 6.45) is 1.59. The van der Waals surface area contributed by atoms with Gasteiger partial charge < -0.3 is 5.43 Å². The summed E-state index contributed by atoms with van der Waals surface area (Å²) >= 11 is 7.21. The molecule has 0 bridgehead atoms. The SMILES string of the molecule is Cc1nc(-c2ncc(Cl)s2)nc(NN)c1C(C)C. The zero-order valence-corrected chi connectivity index (χ0v) is 11.9. The molecule has 0 spiro atoms. The zero-order chi connectivity index (χ0) is 13.3. The predicted molar refractivity (Wildman–Crippen MR) is 74.8 cm³/mol. The van der Waals surface area contributed by atoms with Crippen molar-refractivity contribution in [1.29, 1.82) is 0 Å². The van der Waals surface area contributed by atoms with Crippen molar-refractivity contribution in [2.75, 3.05) is 5.43 Å². The highest BCUT2D eigenvalue weighted by Crippen LogP contribution is 2.30. The normalized spacial score (nSPS) is 11.0. The second kappa shape index (κ2) is 5.17. The Hall–Kier alpha value is -1.24. The van der Waals surface area contributed by atoms with Gasteiger partial charge in [0.15, 0.2) is 10.8 Å². The Morgan fingerprint density at radius 2 is 2.11 bits per heavy atom. The van der Waals surface area contributed by atoms with E-state index in [-0.39, 0.29) is 0 Å². The first-order valence-corrected chi connectivity index (χ1v) is 6.69. The van der Waals surface area contributed by atoms with Crippen LogP contribution in [0.5, 0.6) is 0 Å². The third-order valence-corrected chi connectivity index (χ3v) is 3.63. The molecule has 0 unspecified atom stereocenters. The van der Waals surface area contributed by atoms with Gasteiger partial charge in [0.1, 0.15) is 10.2 Å². The summed E-state index contributed by atoms with van der Waals surface area (Å²) in [4.78, 5) is 13.0. The number of halogens is 1. The number of nitrogen functional groups attached to an aromatic ring is 1. The average Bonchev–Trinajstić information content (AvgIpc) is 2.74. The first-order valence-electron chi connectivity index (χ1n) is 5.49. The number of hydrazine groups is 1. The number of rotatable bonds is 3. The van der Waals surface area contributed by atoms with E-state index in [0.29, 0.717) is 26.9 Å². The van der Waals surface area contributed by atoms with Gasteiger partial charge in [-0.3, -0.25) is 0 Å². The highest BCUT2D eigenvalue weighted by atomic mass is 35.5. The van der Waals surface area contributed by atoms with Crippen molar-refractivity contribution in [1.82, 2.24) is 15.0 Å². The fourth-order valence-electron chi connectivity index (χ4n) is 1.84. The lowest BCUT2D eigenvalue weighted by molar-refractivity contribution is 0.831. The van der Waals surface area contributed by atoms with Crippen LogP contribution >= 0.6 is 22.9 Å². The van der Waals surface area contributed by atoms with Gasteiger partial charge in [-0.25, -0.2) is 20.8 Å². The standard InChI is InChI=1S/C11H14ClN5S/c1-5(2)8-6(3)15-10(16-9(8)17-13)11-14-4-7(12)18-11/h4-5H,13H2,1-3H3,(H,15,16,17). The molecule has 7 heteroatoms. The van der Waals surface area contributed by atoms with Crippen LogP contribution in [-0.2, 0) is 0 Å². The third-order valence-electron chi connectivity index (χ3n) is 2.52. The number of hydrogen-bond acceptors (Lipinski definition) is 6. The lowest BCUT2D eigenvalue weighted by atomic mass is 10.0. The molecular weight excluding hydrogens is 270 g/mol. The Morgan fingerprint density at radius 1 is 1.39 bits per heavy atom. The number of aromatic nitrogens is 3. The maximum atomic E-state index is 5.87. The van der Waals surface area contributed by atoms with Crippen LogP contribution in [0.15, 0.2) is 6.20 Å². The van der Waals surface area contributed by atoms with Crippen molar-refractivity contribution in [2.45, 2.75) is 26.7 Å². The minimum Gasteiger partial charge on any atom is -0.308 e. The Kier molecular flexibility index (Phi) is 3.79. The number of nitrogens with zero attached hydrogens (tertiary/aromatic N) is 3. The molecule has 2 aromatic heterocycles. The first kappa shape index (κ1) is 13.2. The fraction of sp³-hybridized carbons (Fsp3) is 0.364. The number of anilines is 1. The maximum absolute atomic E-state index is 5.87. The lowest BCUT2D eigenvalue weighted by Gasteiger charge is -2.14. The second-order valence-electron chi connectivity index (χ2n) is 4.16. The van der Waals surface area contributed by atoms with Crippen LogP contribution in [0.2, 0.25) is 4.34 Å². The van der Waals surface area contributed by atoms with Gasteiger partial charge in [-0.1, -0.05) is 36.8 Å². The molecule has 5 nitrogen and oxygen atoms in total. The Balaban J connectivity index is 2.55. The molecular formula is C11H14ClN5S.